The smallest absolute Gasteiger partial charge is 0.243 e. The summed E-state index contributed by atoms with van der Waals surface area (Å²) in [5.41, 5.74) is 7.45. The average molecular weight is 718 g/mol. The lowest BCUT2D eigenvalue weighted by Gasteiger charge is -2.06. The number of carbonyl (C=O) groups excluding carboxylic acids is 2. The highest BCUT2D eigenvalue weighted by Crippen LogP contribution is 2.23. The van der Waals surface area contributed by atoms with E-state index in [-0.39, 0.29) is 37.9 Å². The Morgan fingerprint density at radius 2 is 1.09 bits per heavy atom. The Morgan fingerprint density at radius 3 is 1.52 bits per heavy atom. The molecule has 0 fully saturated rings. The average Bonchev–Trinajstić information content (AvgIpc) is 3.01. The number of nitrogens with one attached hydrogen (secondary N) is 2. The summed E-state index contributed by atoms with van der Waals surface area (Å²) in [6, 6.07) is 26.2. The number of ether oxygens (including phenoxy) is 2. The van der Waals surface area contributed by atoms with Crippen molar-refractivity contribution < 1.29 is 19.1 Å². The summed E-state index contributed by atoms with van der Waals surface area (Å²) in [5, 5.41) is 9.87. The maximum absolute atomic E-state index is 12.2. The zero-order chi connectivity index (χ0) is 30.7. The predicted octanol–water partition coefficient (Wildman–Crippen LogP) is 6.15. The number of nitrogens with zero attached hydrogens (tertiary/aromatic N) is 4. The molecule has 2 heterocycles. The number of fused-ring (bicyclic) bond motifs is 3. The predicted molar refractivity (Wildman–Crippen MR) is 177 cm³/mol. The van der Waals surface area contributed by atoms with E-state index in [1.54, 1.807) is 12.1 Å². The maximum atomic E-state index is 12.2. The van der Waals surface area contributed by atoms with E-state index >= 15 is 0 Å². The number of halogens is 2. The lowest BCUT2D eigenvalue weighted by molar-refractivity contribution is -0.122. The van der Waals surface area contributed by atoms with E-state index in [4.69, 9.17) is 19.4 Å². The number of amides is 2. The van der Waals surface area contributed by atoms with E-state index in [9.17, 15) is 9.59 Å². The van der Waals surface area contributed by atoms with Crippen LogP contribution in [0.5, 0.6) is 11.5 Å². The molecule has 0 spiro atoms. The van der Waals surface area contributed by atoms with Crippen LogP contribution in [0.3, 0.4) is 0 Å². The molecule has 2 N–H and O–H groups in total. The molecule has 0 aliphatic heterocycles. The van der Waals surface area contributed by atoms with Crippen molar-refractivity contribution in [1.29, 1.82) is 0 Å². The van der Waals surface area contributed by atoms with E-state index in [0.29, 0.717) is 33.9 Å². The molecule has 0 bridgehead atoms. The van der Waals surface area contributed by atoms with Crippen molar-refractivity contribution in [3.63, 3.8) is 0 Å². The molecule has 222 valence electrons. The third-order valence-electron chi connectivity index (χ3n) is 6.12. The molecule has 0 atom stereocenters. The Labute approximate surface area is 269 Å². The third kappa shape index (κ3) is 8.91. The van der Waals surface area contributed by atoms with Crippen LogP contribution in [0.4, 0.5) is 0 Å². The largest absolute Gasteiger partial charge is 0.493 e. The molecule has 3 aromatic carbocycles. The van der Waals surface area contributed by atoms with Gasteiger partial charge in [0, 0.05) is 19.7 Å². The second-order valence-electron chi connectivity index (χ2n) is 9.38. The lowest BCUT2D eigenvalue weighted by Crippen LogP contribution is -2.20. The number of rotatable bonds is 12. The molecular formula is C32H26Br2N6O4. The topological polar surface area (TPSA) is 127 Å². The number of pyridine rings is 2. The summed E-state index contributed by atoms with van der Waals surface area (Å²) in [6.45, 7) is 0.444. The van der Waals surface area contributed by atoms with Crippen LogP contribution in [0.2, 0.25) is 0 Å². The van der Waals surface area contributed by atoms with Gasteiger partial charge in [0.05, 0.1) is 60.9 Å². The molecule has 2 amide bonds. The summed E-state index contributed by atoms with van der Waals surface area (Å²) in [6.07, 6.45) is 3.25. The molecule has 5 aromatic rings. The first-order valence-electron chi connectivity index (χ1n) is 13.5. The normalized spacial score (nSPS) is 11.3. The van der Waals surface area contributed by atoms with Crippen molar-refractivity contribution >= 4 is 77.9 Å². The van der Waals surface area contributed by atoms with Gasteiger partial charge in [-0.3, -0.25) is 9.59 Å². The van der Waals surface area contributed by atoms with Gasteiger partial charge in [-0.2, -0.15) is 10.2 Å². The number of aromatic nitrogens is 2. The molecule has 0 aliphatic rings. The second-order valence-corrected chi connectivity index (χ2v) is 11.2. The number of hydrogen-bond donors (Lipinski definition) is 2. The van der Waals surface area contributed by atoms with Gasteiger partial charge in [0.1, 0.15) is 11.5 Å². The first kappa shape index (κ1) is 30.8. The van der Waals surface area contributed by atoms with Gasteiger partial charge in [-0.05, 0) is 48.5 Å². The minimum Gasteiger partial charge on any atom is -0.493 e. The number of carbonyl (C=O) groups is 2. The molecule has 0 unspecified atom stereocenters. The highest BCUT2D eigenvalue weighted by atomic mass is 79.9. The number of benzene rings is 3. The van der Waals surface area contributed by atoms with Crippen LogP contribution in [0.15, 0.2) is 104 Å². The Bertz CT molecular complexity index is 1730. The van der Waals surface area contributed by atoms with E-state index in [1.807, 2.05) is 72.8 Å². The van der Waals surface area contributed by atoms with Crippen molar-refractivity contribution in [2.75, 3.05) is 13.2 Å². The van der Waals surface area contributed by atoms with Gasteiger partial charge >= 0.3 is 0 Å². The van der Waals surface area contributed by atoms with Gasteiger partial charge < -0.3 is 9.47 Å². The molecular weight excluding hydrogens is 692 g/mol. The maximum Gasteiger partial charge on any atom is 0.243 e. The van der Waals surface area contributed by atoms with Crippen LogP contribution in [0.25, 0.3) is 21.8 Å². The van der Waals surface area contributed by atoms with Gasteiger partial charge in [0.15, 0.2) is 0 Å². The van der Waals surface area contributed by atoms with Gasteiger partial charge in [0.25, 0.3) is 0 Å². The number of hydrazone groups is 2. The molecule has 0 saturated heterocycles. The van der Waals surface area contributed by atoms with E-state index in [0.717, 1.165) is 19.7 Å². The van der Waals surface area contributed by atoms with Crippen molar-refractivity contribution in [2.24, 2.45) is 10.2 Å². The van der Waals surface area contributed by atoms with Crippen LogP contribution in [0, 0.1) is 0 Å². The van der Waals surface area contributed by atoms with Gasteiger partial charge in [-0.15, -0.1) is 0 Å². The minimum absolute atomic E-state index is 0.147. The van der Waals surface area contributed by atoms with Gasteiger partial charge in [-0.25, -0.2) is 20.8 Å². The first-order chi connectivity index (χ1) is 21.4. The van der Waals surface area contributed by atoms with Crippen LogP contribution in [-0.4, -0.2) is 47.4 Å². The summed E-state index contributed by atoms with van der Waals surface area (Å²) >= 11 is 6.77. The summed E-state index contributed by atoms with van der Waals surface area (Å²) in [5.74, 6) is 0.790. The Hall–Kier alpha value is -4.68. The molecule has 0 saturated carbocycles. The van der Waals surface area contributed by atoms with Gasteiger partial charge in [-0.1, -0.05) is 68.3 Å². The van der Waals surface area contributed by atoms with Gasteiger partial charge in [0.2, 0.25) is 11.8 Å². The van der Waals surface area contributed by atoms with Crippen LogP contribution in [0.1, 0.15) is 24.2 Å². The molecule has 2 aromatic heterocycles. The fourth-order valence-corrected chi connectivity index (χ4v) is 4.79. The summed E-state index contributed by atoms with van der Waals surface area (Å²) in [4.78, 5) is 33.8. The third-order valence-corrected chi connectivity index (χ3v) is 7.11. The monoisotopic (exact) mass is 716 g/mol. The fourth-order valence-electron chi connectivity index (χ4n) is 4.03. The molecule has 12 heteroatoms. The van der Waals surface area contributed by atoms with Crippen molar-refractivity contribution in [3.05, 3.63) is 105 Å². The summed E-state index contributed by atoms with van der Waals surface area (Å²) in [7, 11) is 0. The highest BCUT2D eigenvalue weighted by molar-refractivity contribution is 9.10. The first-order valence-corrected chi connectivity index (χ1v) is 15.1. The van der Waals surface area contributed by atoms with E-state index in [1.165, 1.54) is 12.4 Å². The SMILES string of the molecule is O=C(CCOc1cccc(Br)c1)NN=Cc1ccc2ccc3ccc(C=NNC(=O)CCOc4cccc(Br)c4)nc3c2n1. The molecule has 0 aliphatic carbocycles. The Morgan fingerprint density at radius 1 is 0.659 bits per heavy atom. The molecule has 5 rings (SSSR count). The lowest BCUT2D eigenvalue weighted by atomic mass is 10.1. The van der Waals surface area contributed by atoms with Crippen molar-refractivity contribution in [2.45, 2.75) is 12.8 Å². The van der Waals surface area contributed by atoms with Crippen LogP contribution >= 0.6 is 31.9 Å². The minimum atomic E-state index is -0.280. The van der Waals surface area contributed by atoms with Crippen molar-refractivity contribution in [1.82, 2.24) is 20.8 Å². The standard InChI is InChI=1S/C32H26Br2N6O4/c33-23-3-1-5-27(17-23)43-15-13-29(41)39-35-19-25-11-9-21-7-8-22-10-12-26(38-32(22)31(21)37-25)20-36-40-30(42)14-16-44-28-6-2-4-24(34)18-28/h1-12,17-20H,13-16H2,(H,39,41)(H,40,42). The van der Waals surface area contributed by atoms with Crippen LogP contribution in [-0.2, 0) is 9.59 Å². The van der Waals surface area contributed by atoms with E-state index < -0.39 is 0 Å². The van der Waals surface area contributed by atoms with Crippen LogP contribution < -0.4 is 20.3 Å². The number of hydrogen-bond acceptors (Lipinski definition) is 8. The Balaban J connectivity index is 1.16. The molecule has 10 nitrogen and oxygen atoms in total. The zero-order valence-electron chi connectivity index (χ0n) is 23.2. The molecule has 0 radical (unpaired) electrons. The fraction of sp³-hybridized carbons (Fsp3) is 0.125. The zero-order valence-corrected chi connectivity index (χ0v) is 26.4. The van der Waals surface area contributed by atoms with Crippen molar-refractivity contribution in [3.8, 4) is 11.5 Å². The summed E-state index contributed by atoms with van der Waals surface area (Å²) < 4.78 is 13.0. The highest BCUT2D eigenvalue weighted by Gasteiger charge is 2.07. The molecule has 44 heavy (non-hydrogen) atoms. The quantitative estimate of drug-likeness (QED) is 0.0907. The second kappa shape index (κ2) is 15.2. The van der Waals surface area contributed by atoms with E-state index in [2.05, 4.69) is 52.9 Å². The Kier molecular flexibility index (Phi) is 10.6.